The van der Waals surface area contributed by atoms with Crippen LogP contribution >= 0.6 is 45.8 Å². The number of carbonyl (C=O) groups is 2. The third kappa shape index (κ3) is 7.00. The number of hydrogen-bond acceptors (Lipinski definition) is 7. The number of hydrogen-bond donors (Lipinski definition) is 3. The molecule has 0 spiro atoms. The molecule has 9 nitrogen and oxygen atoms in total. The molecule has 44 heavy (non-hydrogen) atoms. The number of carbonyl (C=O) groups excluding carboxylic acids is 2. The van der Waals surface area contributed by atoms with Crippen LogP contribution in [-0.4, -0.2) is 65.4 Å². The van der Waals surface area contributed by atoms with E-state index in [1.807, 2.05) is 12.1 Å². The molecule has 0 radical (unpaired) electrons. The van der Waals surface area contributed by atoms with E-state index in [4.69, 9.17) is 37.1 Å². The minimum Gasteiger partial charge on any atom is -0.493 e. The average molecular weight is 751 g/mol. The lowest BCUT2D eigenvalue weighted by molar-refractivity contribution is -0.118. The van der Waals surface area contributed by atoms with E-state index in [1.165, 1.54) is 12.0 Å². The number of nitrogens with zero attached hydrogens (tertiary/aromatic N) is 1. The van der Waals surface area contributed by atoms with Crippen molar-refractivity contribution in [1.29, 1.82) is 0 Å². The van der Waals surface area contributed by atoms with Crippen LogP contribution < -0.4 is 14.8 Å². The molecule has 4 aromatic rings. The molecule has 0 aliphatic heterocycles. The highest BCUT2D eigenvalue weighted by molar-refractivity contribution is 14.1. The maximum atomic E-state index is 14.3. The van der Waals surface area contributed by atoms with Crippen molar-refractivity contribution in [2.24, 2.45) is 0 Å². The molecule has 5 rings (SSSR count). The van der Waals surface area contributed by atoms with Crippen molar-refractivity contribution >= 4 is 68.6 Å². The predicted molar refractivity (Wildman–Crippen MR) is 175 cm³/mol. The molecule has 3 atom stereocenters. The smallest absolute Gasteiger partial charge is 0.290 e. The Morgan fingerprint density at radius 1 is 1.07 bits per heavy atom. The quantitative estimate of drug-likeness (QED) is 0.180. The molecule has 1 aromatic heterocycles. The van der Waals surface area contributed by atoms with Gasteiger partial charge in [0.1, 0.15) is 18.0 Å². The van der Waals surface area contributed by atoms with E-state index in [1.54, 1.807) is 60.7 Å². The van der Waals surface area contributed by atoms with Gasteiger partial charge in [-0.05, 0) is 70.6 Å². The van der Waals surface area contributed by atoms with Gasteiger partial charge in [0.05, 0.1) is 33.4 Å². The second kappa shape index (κ2) is 14.2. The summed E-state index contributed by atoms with van der Waals surface area (Å²) in [4.78, 5) is 28.9. The summed E-state index contributed by atoms with van der Waals surface area (Å²) in [6, 6.07) is 18.3. The van der Waals surface area contributed by atoms with Crippen molar-refractivity contribution < 1.29 is 33.7 Å². The number of nitrogens with one attached hydrogen (secondary N) is 1. The Labute approximate surface area is 277 Å². The van der Waals surface area contributed by atoms with Gasteiger partial charge < -0.3 is 34.3 Å². The number of aliphatic hydroxyl groups excluding tert-OH is 2. The zero-order valence-electron chi connectivity index (χ0n) is 23.5. The number of amides is 2. The zero-order chi connectivity index (χ0) is 31.4. The van der Waals surface area contributed by atoms with Gasteiger partial charge in [0.25, 0.3) is 5.91 Å². The van der Waals surface area contributed by atoms with Crippen LogP contribution in [0.25, 0.3) is 11.0 Å². The van der Waals surface area contributed by atoms with E-state index < -0.39 is 30.1 Å². The van der Waals surface area contributed by atoms with Crippen LogP contribution in [0.4, 0.5) is 0 Å². The first-order valence-electron chi connectivity index (χ1n) is 13.7. The largest absolute Gasteiger partial charge is 0.493 e. The van der Waals surface area contributed by atoms with Crippen LogP contribution in [0.3, 0.4) is 0 Å². The van der Waals surface area contributed by atoms with Gasteiger partial charge in [-0.1, -0.05) is 53.5 Å². The third-order valence-electron chi connectivity index (χ3n) is 7.25. The molecular weight excluding hydrogens is 722 g/mol. The highest BCUT2D eigenvalue weighted by atomic mass is 127. The molecule has 2 amide bonds. The first-order chi connectivity index (χ1) is 21.2. The molecule has 3 aromatic carbocycles. The van der Waals surface area contributed by atoms with Gasteiger partial charge >= 0.3 is 0 Å². The predicted octanol–water partition coefficient (Wildman–Crippen LogP) is 5.61. The summed E-state index contributed by atoms with van der Waals surface area (Å²) in [5.74, 6) is 0.0294. The van der Waals surface area contributed by atoms with Crippen molar-refractivity contribution in [2.45, 2.75) is 31.2 Å². The topological polar surface area (TPSA) is 121 Å². The number of para-hydroxylation sites is 2. The fourth-order valence-corrected chi connectivity index (χ4v) is 5.92. The Morgan fingerprint density at radius 3 is 2.57 bits per heavy atom. The molecule has 0 fully saturated rings. The number of rotatable bonds is 10. The minimum absolute atomic E-state index is 0.000776. The summed E-state index contributed by atoms with van der Waals surface area (Å²) < 4.78 is 18.5. The van der Waals surface area contributed by atoms with Crippen LogP contribution in [-0.2, 0) is 11.3 Å². The molecule has 0 unspecified atom stereocenters. The molecule has 0 bridgehead atoms. The monoisotopic (exact) mass is 750 g/mol. The lowest BCUT2D eigenvalue weighted by Crippen LogP contribution is -2.54. The summed E-state index contributed by atoms with van der Waals surface area (Å²) in [6.45, 7) is -0.199. The van der Waals surface area contributed by atoms with Gasteiger partial charge in [0.15, 0.2) is 17.1 Å². The maximum absolute atomic E-state index is 14.3. The van der Waals surface area contributed by atoms with Crippen LogP contribution in [0.2, 0.25) is 10.0 Å². The lowest BCUT2D eigenvalue weighted by atomic mass is 9.87. The Morgan fingerprint density at radius 2 is 1.84 bits per heavy atom. The van der Waals surface area contributed by atoms with Crippen molar-refractivity contribution in [3.05, 3.63) is 103 Å². The van der Waals surface area contributed by atoms with E-state index in [0.717, 1.165) is 3.57 Å². The summed E-state index contributed by atoms with van der Waals surface area (Å²) in [5, 5.41) is 25.1. The van der Waals surface area contributed by atoms with Crippen molar-refractivity contribution in [2.75, 3.05) is 20.3 Å². The first kappa shape index (κ1) is 32.1. The number of fused-ring (bicyclic) bond motifs is 1. The second-order valence-corrected chi connectivity index (χ2v) is 12.1. The number of ether oxygens (including phenoxy) is 2. The fourth-order valence-electron chi connectivity index (χ4n) is 5.08. The van der Waals surface area contributed by atoms with Crippen LogP contribution in [0, 0.1) is 3.57 Å². The van der Waals surface area contributed by atoms with E-state index in [2.05, 4.69) is 27.9 Å². The van der Waals surface area contributed by atoms with Crippen LogP contribution in [0.5, 0.6) is 11.5 Å². The third-order valence-corrected chi connectivity index (χ3v) is 8.88. The van der Waals surface area contributed by atoms with Gasteiger partial charge in [-0.15, -0.1) is 0 Å². The van der Waals surface area contributed by atoms with Gasteiger partial charge in [-0.25, -0.2) is 0 Å². The summed E-state index contributed by atoms with van der Waals surface area (Å²) in [7, 11) is 1.51. The number of methoxy groups -OCH3 is 1. The standard InChI is InChI=1S/C32H29Cl2IN2O7/c1-42-26-8-4-5-19-15-28(44-30(19)26)32(41)37(17-18-9-10-21(33)22(34)13-18)24-14-20(31(40)36-11-12-38)16-27(29(24)39)43-25-7-3-2-6-23(25)35/h2-10,13,15-16,24,27,29,38-39H,11-12,14,17H2,1H3,(H,36,40)/t24-,27+,29+/m1/s1. The molecule has 0 saturated heterocycles. The molecule has 0 saturated carbocycles. The Hall–Kier alpha value is -3.29. The van der Waals surface area contributed by atoms with Gasteiger partial charge in [-0.3, -0.25) is 9.59 Å². The molecule has 1 aliphatic carbocycles. The lowest BCUT2D eigenvalue weighted by Gasteiger charge is -2.40. The highest BCUT2D eigenvalue weighted by Gasteiger charge is 2.41. The van der Waals surface area contributed by atoms with Gasteiger partial charge in [0.2, 0.25) is 5.91 Å². The molecular formula is C32H29Cl2IN2O7. The van der Waals surface area contributed by atoms with Gasteiger partial charge in [0, 0.05) is 30.5 Å². The van der Waals surface area contributed by atoms with E-state index in [0.29, 0.717) is 43.7 Å². The van der Waals surface area contributed by atoms with Gasteiger partial charge in [-0.2, -0.15) is 0 Å². The number of furan rings is 1. The number of halogens is 3. The maximum Gasteiger partial charge on any atom is 0.290 e. The normalized spacial score (nSPS) is 18.0. The number of aliphatic hydroxyl groups is 2. The van der Waals surface area contributed by atoms with Crippen LogP contribution in [0.15, 0.2) is 82.8 Å². The summed E-state index contributed by atoms with van der Waals surface area (Å²) in [5.41, 5.74) is 1.34. The van der Waals surface area contributed by atoms with E-state index in [9.17, 15) is 19.8 Å². The zero-order valence-corrected chi connectivity index (χ0v) is 27.2. The second-order valence-electron chi connectivity index (χ2n) is 10.1. The Balaban J connectivity index is 1.57. The van der Waals surface area contributed by atoms with Crippen LogP contribution in [0.1, 0.15) is 22.5 Å². The summed E-state index contributed by atoms with van der Waals surface area (Å²) >= 11 is 14.6. The Bertz CT molecular complexity index is 1710. The minimum atomic E-state index is -1.24. The van der Waals surface area contributed by atoms with E-state index in [-0.39, 0.29) is 31.9 Å². The highest BCUT2D eigenvalue weighted by Crippen LogP contribution is 2.34. The average Bonchev–Trinajstić information content (AvgIpc) is 3.47. The Kier molecular flexibility index (Phi) is 10.4. The fraction of sp³-hybridized carbons (Fsp3) is 0.250. The SMILES string of the molecule is COc1cccc2cc(C(=O)N(Cc3ccc(Cl)c(Cl)c3)[C@@H]3CC(C(=O)NCCO)=C[C@H](Oc4ccccc4I)[C@H]3O)oc12. The molecule has 230 valence electrons. The molecule has 1 aliphatic rings. The molecule has 3 N–H and O–H groups in total. The number of benzene rings is 3. The molecule has 1 heterocycles. The van der Waals surface area contributed by atoms with E-state index >= 15 is 0 Å². The molecule has 12 heteroatoms. The van der Waals surface area contributed by atoms with Crippen molar-refractivity contribution in [3.8, 4) is 11.5 Å². The summed E-state index contributed by atoms with van der Waals surface area (Å²) in [6.07, 6.45) is -0.670. The van der Waals surface area contributed by atoms with Crippen molar-refractivity contribution in [3.63, 3.8) is 0 Å². The van der Waals surface area contributed by atoms with Crippen molar-refractivity contribution in [1.82, 2.24) is 10.2 Å². The first-order valence-corrected chi connectivity index (χ1v) is 15.5.